The molecule has 5 heteroatoms. The number of amides is 1. The van der Waals surface area contributed by atoms with E-state index in [9.17, 15) is 14.7 Å². The van der Waals surface area contributed by atoms with Gasteiger partial charge in [-0.1, -0.05) is 25.0 Å². The molecular formula is C14H16INO3. The molecule has 4 nitrogen and oxygen atoms in total. The summed E-state index contributed by atoms with van der Waals surface area (Å²) in [6.45, 7) is 0. The van der Waals surface area contributed by atoms with Gasteiger partial charge in [0.1, 0.15) is 0 Å². The van der Waals surface area contributed by atoms with E-state index in [2.05, 4.69) is 27.9 Å². The molecule has 1 aliphatic rings. The van der Waals surface area contributed by atoms with Crippen LogP contribution in [0.15, 0.2) is 24.3 Å². The van der Waals surface area contributed by atoms with Gasteiger partial charge in [0, 0.05) is 3.57 Å². The average molecular weight is 373 g/mol. The van der Waals surface area contributed by atoms with Crippen LogP contribution in [-0.2, 0) is 9.59 Å². The average Bonchev–Trinajstić information content (AvgIpc) is 2.41. The van der Waals surface area contributed by atoms with Crippen molar-refractivity contribution in [1.82, 2.24) is 0 Å². The smallest absolute Gasteiger partial charge is 0.307 e. The first-order valence-electron chi connectivity index (χ1n) is 6.38. The van der Waals surface area contributed by atoms with Gasteiger partial charge in [-0.15, -0.1) is 0 Å². The number of carboxylic acids is 1. The van der Waals surface area contributed by atoms with Crippen molar-refractivity contribution in [2.24, 2.45) is 11.8 Å². The van der Waals surface area contributed by atoms with Gasteiger partial charge in [-0.3, -0.25) is 9.59 Å². The second-order valence-electron chi connectivity index (χ2n) is 4.80. The molecule has 2 rings (SSSR count). The van der Waals surface area contributed by atoms with Gasteiger partial charge in [-0.05, 0) is 47.6 Å². The molecule has 0 aliphatic heterocycles. The number of carbonyl (C=O) groups is 2. The topological polar surface area (TPSA) is 66.4 Å². The zero-order valence-corrected chi connectivity index (χ0v) is 12.6. The molecule has 0 heterocycles. The number of nitrogens with one attached hydrogen (secondary N) is 1. The molecule has 2 N–H and O–H groups in total. The Morgan fingerprint density at radius 1 is 1.16 bits per heavy atom. The molecule has 102 valence electrons. The van der Waals surface area contributed by atoms with Crippen molar-refractivity contribution in [1.29, 1.82) is 0 Å². The number of anilines is 1. The van der Waals surface area contributed by atoms with Crippen molar-refractivity contribution in [2.45, 2.75) is 25.7 Å². The molecule has 0 aromatic heterocycles. The lowest BCUT2D eigenvalue weighted by molar-refractivity contribution is -0.147. The Balaban J connectivity index is 2.10. The zero-order valence-electron chi connectivity index (χ0n) is 10.4. The van der Waals surface area contributed by atoms with Crippen molar-refractivity contribution >= 4 is 40.2 Å². The number of carbonyl (C=O) groups excluding carboxylic acids is 1. The molecule has 0 radical (unpaired) electrons. The highest BCUT2D eigenvalue weighted by Gasteiger charge is 2.35. The third-order valence-corrected chi connectivity index (χ3v) is 4.49. The van der Waals surface area contributed by atoms with Crippen molar-refractivity contribution in [3.05, 3.63) is 27.8 Å². The molecule has 0 saturated heterocycles. The molecule has 1 aromatic carbocycles. The van der Waals surface area contributed by atoms with E-state index < -0.39 is 17.8 Å². The van der Waals surface area contributed by atoms with Crippen molar-refractivity contribution in [3.8, 4) is 0 Å². The van der Waals surface area contributed by atoms with Gasteiger partial charge in [0.25, 0.3) is 0 Å². The first-order valence-corrected chi connectivity index (χ1v) is 7.45. The molecular weight excluding hydrogens is 357 g/mol. The number of rotatable bonds is 3. The van der Waals surface area contributed by atoms with E-state index >= 15 is 0 Å². The number of aliphatic carboxylic acids is 1. The maximum absolute atomic E-state index is 12.3. The maximum atomic E-state index is 12.3. The summed E-state index contributed by atoms with van der Waals surface area (Å²) in [5, 5.41) is 12.1. The Bertz CT molecular complexity index is 489. The maximum Gasteiger partial charge on any atom is 0.307 e. The minimum absolute atomic E-state index is 0.170. The van der Waals surface area contributed by atoms with Crippen LogP contribution in [0.2, 0.25) is 0 Å². The fraction of sp³-hybridized carbons (Fsp3) is 0.429. The van der Waals surface area contributed by atoms with Crippen molar-refractivity contribution < 1.29 is 14.7 Å². The Kier molecular flexibility index (Phi) is 4.79. The fourth-order valence-electron chi connectivity index (χ4n) is 2.53. The van der Waals surface area contributed by atoms with Crippen LogP contribution in [0.25, 0.3) is 0 Å². The van der Waals surface area contributed by atoms with Gasteiger partial charge in [0.15, 0.2) is 0 Å². The van der Waals surface area contributed by atoms with Crippen LogP contribution in [0.4, 0.5) is 5.69 Å². The number of halogens is 1. The third-order valence-electron chi connectivity index (χ3n) is 3.55. The lowest BCUT2D eigenvalue weighted by atomic mass is 9.78. The highest BCUT2D eigenvalue weighted by molar-refractivity contribution is 14.1. The molecule has 1 amide bonds. The summed E-state index contributed by atoms with van der Waals surface area (Å²) in [4.78, 5) is 23.5. The number of hydrogen-bond acceptors (Lipinski definition) is 2. The first-order chi connectivity index (χ1) is 9.09. The predicted molar refractivity (Wildman–Crippen MR) is 80.9 cm³/mol. The molecule has 0 bridgehead atoms. The predicted octanol–water partition coefficient (Wildman–Crippen LogP) is 3.12. The Morgan fingerprint density at radius 3 is 2.42 bits per heavy atom. The number of benzene rings is 1. The lowest BCUT2D eigenvalue weighted by Gasteiger charge is -2.27. The monoisotopic (exact) mass is 373 g/mol. The lowest BCUT2D eigenvalue weighted by Crippen LogP contribution is -2.36. The molecule has 1 fully saturated rings. The highest BCUT2D eigenvalue weighted by Crippen LogP contribution is 2.31. The van der Waals surface area contributed by atoms with Gasteiger partial charge in [-0.2, -0.15) is 0 Å². The zero-order chi connectivity index (χ0) is 13.8. The van der Waals surface area contributed by atoms with Gasteiger partial charge < -0.3 is 10.4 Å². The SMILES string of the molecule is O=C(O)[C@H]1CCCC[C@@H]1C(=O)Nc1ccccc1I. The van der Waals surface area contributed by atoms with Crippen LogP contribution < -0.4 is 5.32 Å². The van der Waals surface area contributed by atoms with Crippen molar-refractivity contribution in [2.75, 3.05) is 5.32 Å². The second kappa shape index (κ2) is 6.36. The van der Waals surface area contributed by atoms with Crippen LogP contribution in [0, 0.1) is 15.4 Å². The molecule has 1 aromatic rings. The standard InChI is InChI=1S/C14H16INO3/c15-11-7-3-4-8-12(11)16-13(17)9-5-1-2-6-10(9)14(18)19/h3-4,7-10H,1-2,5-6H2,(H,16,17)(H,18,19)/t9-,10-/m0/s1. The van der Waals surface area contributed by atoms with E-state index in [-0.39, 0.29) is 5.91 Å². The van der Waals surface area contributed by atoms with Crippen LogP contribution in [0.3, 0.4) is 0 Å². The van der Waals surface area contributed by atoms with Crippen molar-refractivity contribution in [3.63, 3.8) is 0 Å². The van der Waals surface area contributed by atoms with E-state index in [1.165, 1.54) is 0 Å². The van der Waals surface area contributed by atoms with E-state index in [4.69, 9.17) is 0 Å². The van der Waals surface area contributed by atoms with Gasteiger partial charge in [0.05, 0.1) is 17.5 Å². The summed E-state index contributed by atoms with van der Waals surface area (Å²) in [5.41, 5.74) is 0.753. The third kappa shape index (κ3) is 3.46. The van der Waals surface area contributed by atoms with E-state index in [1.807, 2.05) is 24.3 Å². The molecule has 19 heavy (non-hydrogen) atoms. The Labute approximate surface area is 125 Å². The number of carboxylic acid groups (broad SMARTS) is 1. The summed E-state index contributed by atoms with van der Waals surface area (Å²) in [7, 11) is 0. The normalized spacial score (nSPS) is 22.8. The minimum Gasteiger partial charge on any atom is -0.481 e. The van der Waals surface area contributed by atoms with E-state index in [1.54, 1.807) is 0 Å². The Hall–Kier alpha value is -1.11. The van der Waals surface area contributed by atoms with Crippen LogP contribution in [0.1, 0.15) is 25.7 Å². The number of para-hydroxylation sites is 1. The van der Waals surface area contributed by atoms with E-state index in [0.29, 0.717) is 12.8 Å². The molecule has 0 unspecified atom stereocenters. The quantitative estimate of drug-likeness (QED) is 0.801. The van der Waals surface area contributed by atoms with E-state index in [0.717, 1.165) is 22.1 Å². The Morgan fingerprint density at radius 2 is 1.79 bits per heavy atom. The van der Waals surface area contributed by atoms with Gasteiger partial charge in [-0.25, -0.2) is 0 Å². The molecule has 1 aliphatic carbocycles. The van der Waals surface area contributed by atoms with Gasteiger partial charge >= 0.3 is 5.97 Å². The summed E-state index contributed by atoms with van der Waals surface area (Å²) in [5.74, 6) is -1.99. The largest absolute Gasteiger partial charge is 0.481 e. The summed E-state index contributed by atoms with van der Waals surface area (Å²) >= 11 is 2.15. The highest BCUT2D eigenvalue weighted by atomic mass is 127. The molecule has 2 atom stereocenters. The fourth-order valence-corrected chi connectivity index (χ4v) is 3.05. The summed E-state index contributed by atoms with van der Waals surface area (Å²) in [6.07, 6.45) is 3.07. The summed E-state index contributed by atoms with van der Waals surface area (Å²) < 4.78 is 0.955. The first kappa shape index (κ1) is 14.3. The van der Waals surface area contributed by atoms with Crippen LogP contribution >= 0.6 is 22.6 Å². The minimum atomic E-state index is -0.859. The summed E-state index contributed by atoms with van der Waals surface area (Å²) in [6, 6.07) is 7.50. The van der Waals surface area contributed by atoms with Crippen LogP contribution in [0.5, 0.6) is 0 Å². The second-order valence-corrected chi connectivity index (χ2v) is 5.97. The van der Waals surface area contributed by atoms with Crippen LogP contribution in [-0.4, -0.2) is 17.0 Å². The van der Waals surface area contributed by atoms with Gasteiger partial charge in [0.2, 0.25) is 5.91 Å². The molecule has 1 saturated carbocycles. The number of hydrogen-bond donors (Lipinski definition) is 2. The molecule has 0 spiro atoms.